The number of rotatable bonds is 2. The van der Waals surface area contributed by atoms with Gasteiger partial charge in [-0.2, -0.15) is 0 Å². The highest BCUT2D eigenvalue weighted by Crippen LogP contribution is 2.33. The van der Waals surface area contributed by atoms with Gasteiger partial charge in [0, 0.05) is 0 Å². The Morgan fingerprint density at radius 1 is 1.38 bits per heavy atom. The van der Waals surface area contributed by atoms with Crippen molar-refractivity contribution in [1.82, 2.24) is 0 Å². The average Bonchev–Trinajstić information content (AvgIpc) is 2.73. The van der Waals surface area contributed by atoms with Gasteiger partial charge in [-0.05, 0) is 23.6 Å². The highest BCUT2D eigenvalue weighted by Gasteiger charge is 2.15. The maximum atomic E-state index is 13.8. The van der Waals surface area contributed by atoms with Gasteiger partial charge in [-0.25, -0.2) is 9.18 Å². The Balaban J connectivity index is 2.62. The quantitative estimate of drug-likeness (QED) is 0.757. The highest BCUT2D eigenvalue weighted by atomic mass is 32.1. The Morgan fingerprint density at radius 2 is 2.12 bits per heavy atom. The second-order valence-corrected chi connectivity index (χ2v) is 4.15. The summed E-state index contributed by atoms with van der Waals surface area (Å²) in [5.41, 5.74) is 0. The van der Waals surface area contributed by atoms with Crippen molar-refractivity contribution in [3.63, 3.8) is 0 Å². The molecule has 0 unspecified atom stereocenters. The number of thiophene rings is 1. The molecule has 0 saturated heterocycles. The lowest BCUT2D eigenvalue weighted by molar-refractivity contribution is 0.0606. The molecule has 3 nitrogen and oxygen atoms in total. The summed E-state index contributed by atoms with van der Waals surface area (Å²) < 4.78 is 23.6. The average molecular weight is 240 g/mol. The molecule has 1 aromatic carbocycles. The van der Waals surface area contributed by atoms with Gasteiger partial charge in [-0.1, -0.05) is 0 Å². The summed E-state index contributed by atoms with van der Waals surface area (Å²) in [5, 5.41) is 0.670. The van der Waals surface area contributed by atoms with Crippen LogP contribution in [0.1, 0.15) is 9.67 Å². The Bertz CT molecular complexity index is 547. The predicted octanol–water partition coefficient (Wildman–Crippen LogP) is 2.84. The first-order chi connectivity index (χ1) is 7.67. The van der Waals surface area contributed by atoms with Crippen LogP contribution in [0.5, 0.6) is 5.75 Å². The summed E-state index contributed by atoms with van der Waals surface area (Å²) in [6, 6.07) is 4.85. The zero-order valence-electron chi connectivity index (χ0n) is 8.74. The second kappa shape index (κ2) is 4.09. The van der Waals surface area contributed by atoms with E-state index in [9.17, 15) is 9.18 Å². The third-order valence-electron chi connectivity index (χ3n) is 2.20. The smallest absolute Gasteiger partial charge is 0.348 e. The van der Waals surface area contributed by atoms with Gasteiger partial charge in [0.05, 0.1) is 18.9 Å². The fraction of sp³-hybridized carbons (Fsp3) is 0.182. The van der Waals surface area contributed by atoms with E-state index < -0.39 is 11.8 Å². The number of esters is 1. The number of carbonyl (C=O) groups is 1. The molecule has 0 aliphatic carbocycles. The number of ether oxygens (including phenoxy) is 2. The number of methoxy groups -OCH3 is 2. The van der Waals surface area contributed by atoms with Gasteiger partial charge in [0.15, 0.2) is 11.6 Å². The van der Waals surface area contributed by atoms with Gasteiger partial charge in [0.1, 0.15) is 4.88 Å². The maximum absolute atomic E-state index is 13.8. The van der Waals surface area contributed by atoms with Crippen LogP contribution < -0.4 is 4.74 Å². The third kappa shape index (κ3) is 1.63. The minimum Gasteiger partial charge on any atom is -0.494 e. The Labute approximate surface area is 95.4 Å². The maximum Gasteiger partial charge on any atom is 0.348 e. The molecule has 16 heavy (non-hydrogen) atoms. The minimum absolute atomic E-state index is 0.172. The van der Waals surface area contributed by atoms with Crippen molar-refractivity contribution in [3.8, 4) is 5.75 Å². The van der Waals surface area contributed by atoms with Crippen LogP contribution in [0, 0.1) is 5.82 Å². The van der Waals surface area contributed by atoms with E-state index in [-0.39, 0.29) is 5.75 Å². The predicted molar refractivity (Wildman–Crippen MR) is 59.7 cm³/mol. The van der Waals surface area contributed by atoms with Gasteiger partial charge in [-0.15, -0.1) is 11.3 Å². The van der Waals surface area contributed by atoms with Gasteiger partial charge in [0.2, 0.25) is 0 Å². The molecule has 0 aliphatic heterocycles. The zero-order chi connectivity index (χ0) is 11.7. The third-order valence-corrected chi connectivity index (χ3v) is 3.32. The zero-order valence-corrected chi connectivity index (χ0v) is 9.56. The minimum atomic E-state index is -0.459. The van der Waals surface area contributed by atoms with Crippen molar-refractivity contribution in [3.05, 3.63) is 28.9 Å². The molecule has 0 spiro atoms. The van der Waals surface area contributed by atoms with Crippen molar-refractivity contribution in [2.45, 2.75) is 0 Å². The summed E-state index contributed by atoms with van der Waals surface area (Å²) >= 11 is 1.06. The largest absolute Gasteiger partial charge is 0.494 e. The van der Waals surface area contributed by atoms with Crippen LogP contribution in [-0.4, -0.2) is 20.2 Å². The van der Waals surface area contributed by atoms with Crippen molar-refractivity contribution < 1.29 is 18.7 Å². The molecule has 5 heteroatoms. The van der Waals surface area contributed by atoms with E-state index in [0.29, 0.717) is 15.0 Å². The second-order valence-electron chi connectivity index (χ2n) is 3.10. The SMILES string of the molecule is COC(=O)c1cc2ccc(OC)c(F)c2s1. The van der Waals surface area contributed by atoms with E-state index in [4.69, 9.17) is 4.74 Å². The van der Waals surface area contributed by atoms with Crippen LogP contribution >= 0.6 is 11.3 Å². The topological polar surface area (TPSA) is 35.5 Å². The Kier molecular flexibility index (Phi) is 2.78. The van der Waals surface area contributed by atoms with E-state index in [1.54, 1.807) is 12.1 Å². The van der Waals surface area contributed by atoms with Crippen LogP contribution in [0.3, 0.4) is 0 Å². The Morgan fingerprint density at radius 3 is 2.75 bits per heavy atom. The first-order valence-electron chi connectivity index (χ1n) is 4.51. The highest BCUT2D eigenvalue weighted by molar-refractivity contribution is 7.20. The number of hydrogen-bond donors (Lipinski definition) is 0. The molecule has 0 N–H and O–H groups in total. The summed E-state index contributed by atoms with van der Waals surface area (Å²) in [4.78, 5) is 11.7. The van der Waals surface area contributed by atoms with E-state index in [1.807, 2.05) is 0 Å². The van der Waals surface area contributed by atoms with Crippen LogP contribution in [0.25, 0.3) is 10.1 Å². The van der Waals surface area contributed by atoms with Crippen molar-refractivity contribution in [2.75, 3.05) is 14.2 Å². The normalized spacial score (nSPS) is 10.4. The van der Waals surface area contributed by atoms with Crippen LogP contribution in [0.15, 0.2) is 18.2 Å². The molecule has 0 radical (unpaired) electrons. The lowest BCUT2D eigenvalue weighted by Gasteiger charge is -2.00. The summed E-state index contributed by atoms with van der Waals surface area (Å²) in [7, 11) is 2.70. The fourth-order valence-electron chi connectivity index (χ4n) is 1.41. The van der Waals surface area contributed by atoms with Crippen LogP contribution in [0.4, 0.5) is 4.39 Å². The number of hydrogen-bond acceptors (Lipinski definition) is 4. The van der Waals surface area contributed by atoms with E-state index in [0.717, 1.165) is 11.3 Å². The number of halogens is 1. The summed E-state index contributed by atoms with van der Waals surface area (Å²) in [6.45, 7) is 0. The molecule has 2 rings (SSSR count). The molecule has 0 saturated carbocycles. The standard InChI is InChI=1S/C11H9FO3S/c1-14-7-4-3-6-5-8(11(13)15-2)16-10(6)9(7)12/h3-5H,1-2H3. The van der Waals surface area contributed by atoms with Gasteiger partial charge >= 0.3 is 5.97 Å². The Hall–Kier alpha value is -1.62. The van der Waals surface area contributed by atoms with Crippen LogP contribution in [0.2, 0.25) is 0 Å². The summed E-state index contributed by atoms with van der Waals surface area (Å²) in [6.07, 6.45) is 0. The molecule has 0 amide bonds. The van der Waals surface area contributed by atoms with Crippen molar-refractivity contribution in [2.24, 2.45) is 0 Å². The molecule has 1 heterocycles. The van der Waals surface area contributed by atoms with Gasteiger partial charge in [0.25, 0.3) is 0 Å². The molecular weight excluding hydrogens is 231 g/mol. The number of benzene rings is 1. The molecule has 0 bridgehead atoms. The van der Waals surface area contributed by atoms with Crippen molar-refractivity contribution in [1.29, 1.82) is 0 Å². The fourth-order valence-corrected chi connectivity index (χ4v) is 2.42. The number of carbonyl (C=O) groups excluding carboxylic acids is 1. The molecule has 0 fully saturated rings. The first kappa shape index (κ1) is 10.9. The lowest BCUT2D eigenvalue weighted by atomic mass is 10.2. The first-order valence-corrected chi connectivity index (χ1v) is 5.33. The molecule has 1 aromatic heterocycles. The molecular formula is C11H9FO3S. The lowest BCUT2D eigenvalue weighted by Crippen LogP contribution is -1.96. The van der Waals surface area contributed by atoms with Gasteiger partial charge < -0.3 is 9.47 Å². The van der Waals surface area contributed by atoms with Gasteiger partial charge in [-0.3, -0.25) is 0 Å². The molecule has 0 aliphatic rings. The van der Waals surface area contributed by atoms with E-state index in [2.05, 4.69) is 4.74 Å². The molecule has 2 aromatic rings. The molecule has 0 atom stereocenters. The van der Waals surface area contributed by atoms with Crippen molar-refractivity contribution >= 4 is 27.4 Å². The number of fused-ring (bicyclic) bond motifs is 1. The van der Waals surface area contributed by atoms with E-state index >= 15 is 0 Å². The monoisotopic (exact) mass is 240 g/mol. The molecule has 84 valence electrons. The van der Waals surface area contributed by atoms with Crippen LogP contribution in [-0.2, 0) is 4.74 Å². The summed E-state index contributed by atoms with van der Waals surface area (Å²) in [5.74, 6) is -0.731. The van der Waals surface area contributed by atoms with E-state index in [1.165, 1.54) is 20.3 Å².